The van der Waals surface area contributed by atoms with Crippen molar-refractivity contribution in [3.05, 3.63) is 58.6 Å². The molecule has 136 valence electrons. The molecule has 5 heteroatoms. The van der Waals surface area contributed by atoms with E-state index in [1.807, 2.05) is 49.2 Å². The lowest BCUT2D eigenvalue weighted by Gasteiger charge is -2.23. The fraction of sp³-hybridized carbons (Fsp3) is 0.333. The van der Waals surface area contributed by atoms with Crippen LogP contribution in [0.3, 0.4) is 0 Å². The molecule has 1 heterocycles. The number of carbonyl (C=O) groups excluding carboxylic acids is 1. The minimum Gasteiger partial charge on any atom is -0.324 e. The lowest BCUT2D eigenvalue weighted by Crippen LogP contribution is -2.32. The number of hydrogen-bond donors (Lipinski definition) is 1. The van der Waals surface area contributed by atoms with Crippen molar-refractivity contribution in [3.8, 4) is 0 Å². The van der Waals surface area contributed by atoms with Crippen LogP contribution in [-0.2, 0) is 11.2 Å². The van der Waals surface area contributed by atoms with E-state index in [-0.39, 0.29) is 11.9 Å². The Balaban J connectivity index is 1.69. The number of aromatic nitrogens is 1. The van der Waals surface area contributed by atoms with E-state index < -0.39 is 0 Å². The largest absolute Gasteiger partial charge is 0.324 e. The zero-order chi connectivity index (χ0) is 18.7. The van der Waals surface area contributed by atoms with Crippen molar-refractivity contribution in [1.82, 2.24) is 9.88 Å². The highest BCUT2D eigenvalue weighted by Crippen LogP contribution is 2.29. The Kier molecular flexibility index (Phi) is 5.69. The highest BCUT2D eigenvalue weighted by molar-refractivity contribution is 7.18. The van der Waals surface area contributed by atoms with E-state index in [2.05, 4.69) is 31.3 Å². The molecule has 4 nitrogen and oxygen atoms in total. The van der Waals surface area contributed by atoms with Crippen molar-refractivity contribution in [1.29, 1.82) is 0 Å². The number of para-hydroxylation sites is 2. The summed E-state index contributed by atoms with van der Waals surface area (Å²) < 4.78 is 1.18. The molecule has 3 rings (SSSR count). The molecule has 1 N–H and O–H groups in total. The van der Waals surface area contributed by atoms with Gasteiger partial charge in [0, 0.05) is 5.69 Å². The fourth-order valence-electron chi connectivity index (χ4n) is 3.00. The van der Waals surface area contributed by atoms with Crippen molar-refractivity contribution in [2.24, 2.45) is 0 Å². The number of fused-ring (bicyclic) bond motifs is 1. The summed E-state index contributed by atoms with van der Waals surface area (Å²) in [5.41, 5.74) is 4.23. The van der Waals surface area contributed by atoms with Crippen LogP contribution >= 0.6 is 11.3 Å². The van der Waals surface area contributed by atoms with Gasteiger partial charge in [0.2, 0.25) is 5.91 Å². The Hall–Kier alpha value is -2.24. The molecule has 0 fully saturated rings. The van der Waals surface area contributed by atoms with Crippen molar-refractivity contribution < 1.29 is 4.79 Å². The first kappa shape index (κ1) is 18.5. The predicted octanol–water partition coefficient (Wildman–Crippen LogP) is 4.80. The molecule has 26 heavy (non-hydrogen) atoms. The molecule has 0 aliphatic heterocycles. The smallest absolute Gasteiger partial charge is 0.238 e. The third-order valence-corrected chi connectivity index (χ3v) is 5.93. The summed E-state index contributed by atoms with van der Waals surface area (Å²) in [6.07, 6.45) is 0.898. The molecule has 0 spiro atoms. The van der Waals surface area contributed by atoms with Crippen LogP contribution < -0.4 is 5.32 Å². The minimum absolute atomic E-state index is 0.00413. The number of anilines is 1. The first-order valence-electron chi connectivity index (χ1n) is 8.93. The second kappa shape index (κ2) is 7.98. The SMILES string of the molecule is CCc1cccc(C)c1NC(=O)CN(C)[C@H](C)c1nc2ccccc2s1. The number of likely N-dealkylation sites (N-methyl/N-ethyl adjacent to an activating group) is 1. The minimum atomic E-state index is 0.00413. The molecule has 0 bridgehead atoms. The van der Waals surface area contributed by atoms with Gasteiger partial charge in [-0.1, -0.05) is 37.3 Å². The molecule has 1 amide bonds. The van der Waals surface area contributed by atoms with Crippen LogP contribution in [0.2, 0.25) is 0 Å². The zero-order valence-corrected chi connectivity index (χ0v) is 16.6. The second-order valence-corrected chi connectivity index (χ2v) is 7.68. The van der Waals surface area contributed by atoms with Gasteiger partial charge in [0.25, 0.3) is 0 Å². The van der Waals surface area contributed by atoms with Crippen LogP contribution in [0.4, 0.5) is 5.69 Å². The Bertz CT molecular complexity index is 886. The van der Waals surface area contributed by atoms with Crippen LogP contribution in [0.15, 0.2) is 42.5 Å². The number of nitrogens with zero attached hydrogens (tertiary/aromatic N) is 2. The van der Waals surface area contributed by atoms with E-state index in [0.29, 0.717) is 6.54 Å². The van der Waals surface area contributed by atoms with Gasteiger partial charge < -0.3 is 5.32 Å². The number of aryl methyl sites for hydroxylation is 2. The van der Waals surface area contributed by atoms with Gasteiger partial charge in [-0.2, -0.15) is 0 Å². The molecule has 1 aromatic heterocycles. The molecule has 1 atom stereocenters. The fourth-order valence-corrected chi connectivity index (χ4v) is 4.09. The molecule has 0 aliphatic carbocycles. The van der Waals surface area contributed by atoms with Gasteiger partial charge in [0.1, 0.15) is 5.01 Å². The number of carbonyl (C=O) groups is 1. The Labute approximate surface area is 158 Å². The van der Waals surface area contributed by atoms with E-state index in [9.17, 15) is 4.79 Å². The maximum absolute atomic E-state index is 12.6. The van der Waals surface area contributed by atoms with E-state index >= 15 is 0 Å². The van der Waals surface area contributed by atoms with Gasteiger partial charge in [-0.15, -0.1) is 11.3 Å². The third-order valence-electron chi connectivity index (χ3n) is 4.73. The summed E-state index contributed by atoms with van der Waals surface area (Å²) in [5.74, 6) is 0.00413. The number of amides is 1. The monoisotopic (exact) mass is 367 g/mol. The van der Waals surface area contributed by atoms with E-state index in [1.54, 1.807) is 11.3 Å². The topological polar surface area (TPSA) is 45.2 Å². The molecular formula is C21H25N3OS. The van der Waals surface area contributed by atoms with Gasteiger partial charge >= 0.3 is 0 Å². The molecule has 0 saturated heterocycles. The molecule has 2 aromatic carbocycles. The predicted molar refractivity (Wildman–Crippen MR) is 110 cm³/mol. The number of thiazole rings is 1. The van der Waals surface area contributed by atoms with Crippen LogP contribution in [0.1, 0.15) is 36.0 Å². The van der Waals surface area contributed by atoms with Crippen LogP contribution in [0.5, 0.6) is 0 Å². The maximum Gasteiger partial charge on any atom is 0.238 e. The van der Waals surface area contributed by atoms with Crippen molar-refractivity contribution >= 4 is 33.1 Å². The summed E-state index contributed by atoms with van der Waals surface area (Å²) in [7, 11) is 1.97. The quantitative estimate of drug-likeness (QED) is 0.681. The average molecular weight is 368 g/mol. The molecule has 3 aromatic rings. The Morgan fingerprint density at radius 3 is 2.73 bits per heavy atom. The summed E-state index contributed by atoms with van der Waals surface area (Å²) in [4.78, 5) is 19.3. The summed E-state index contributed by atoms with van der Waals surface area (Å²) in [5, 5.41) is 4.13. The molecular weight excluding hydrogens is 342 g/mol. The molecule has 0 radical (unpaired) electrons. The molecule has 0 saturated carbocycles. The van der Waals surface area contributed by atoms with Crippen LogP contribution in [0, 0.1) is 6.92 Å². The lowest BCUT2D eigenvalue weighted by atomic mass is 10.1. The van der Waals surface area contributed by atoms with Gasteiger partial charge in [-0.25, -0.2) is 4.98 Å². The van der Waals surface area contributed by atoms with Crippen molar-refractivity contribution in [2.75, 3.05) is 18.9 Å². The number of benzene rings is 2. The zero-order valence-electron chi connectivity index (χ0n) is 15.7. The molecule has 0 aliphatic rings. The average Bonchev–Trinajstić information content (AvgIpc) is 3.06. The second-order valence-electron chi connectivity index (χ2n) is 6.62. The van der Waals surface area contributed by atoms with E-state index in [1.165, 1.54) is 10.3 Å². The standard InChI is InChI=1S/C21H25N3OS/c1-5-16-10-8-9-14(2)20(16)23-19(25)13-24(4)15(3)21-22-17-11-6-7-12-18(17)26-21/h6-12,15H,5,13H2,1-4H3,(H,23,25)/t15-/m1/s1. The van der Waals surface area contributed by atoms with Gasteiger partial charge in [-0.3, -0.25) is 9.69 Å². The summed E-state index contributed by atoms with van der Waals surface area (Å²) >= 11 is 1.69. The van der Waals surface area contributed by atoms with Gasteiger partial charge in [0.05, 0.1) is 22.8 Å². The first-order valence-corrected chi connectivity index (χ1v) is 9.75. The molecule has 0 unspecified atom stereocenters. The van der Waals surface area contributed by atoms with Crippen molar-refractivity contribution in [3.63, 3.8) is 0 Å². The van der Waals surface area contributed by atoms with E-state index in [4.69, 9.17) is 4.98 Å². The van der Waals surface area contributed by atoms with E-state index in [0.717, 1.165) is 28.2 Å². The Morgan fingerprint density at radius 2 is 2.00 bits per heavy atom. The van der Waals surface area contributed by atoms with Crippen LogP contribution in [-0.4, -0.2) is 29.4 Å². The first-order chi connectivity index (χ1) is 12.5. The van der Waals surface area contributed by atoms with Crippen molar-refractivity contribution in [2.45, 2.75) is 33.2 Å². The lowest BCUT2D eigenvalue weighted by molar-refractivity contribution is -0.117. The highest BCUT2D eigenvalue weighted by Gasteiger charge is 2.19. The van der Waals surface area contributed by atoms with Gasteiger partial charge in [0.15, 0.2) is 0 Å². The maximum atomic E-state index is 12.6. The number of nitrogens with one attached hydrogen (secondary N) is 1. The van der Waals surface area contributed by atoms with Gasteiger partial charge in [-0.05, 0) is 50.6 Å². The number of hydrogen-bond acceptors (Lipinski definition) is 4. The Morgan fingerprint density at radius 1 is 1.23 bits per heavy atom. The summed E-state index contributed by atoms with van der Waals surface area (Å²) in [6, 6.07) is 14.4. The number of rotatable bonds is 6. The highest BCUT2D eigenvalue weighted by atomic mass is 32.1. The summed E-state index contributed by atoms with van der Waals surface area (Å²) in [6.45, 7) is 6.55. The third kappa shape index (κ3) is 3.94. The van der Waals surface area contributed by atoms with Crippen LogP contribution in [0.25, 0.3) is 10.2 Å². The normalized spacial score (nSPS) is 12.5.